The van der Waals surface area contributed by atoms with Gasteiger partial charge in [-0.3, -0.25) is 14.3 Å². The number of carbonyl (C=O) groups is 1. The van der Waals surface area contributed by atoms with Crippen molar-refractivity contribution in [3.8, 4) is 5.69 Å². The Bertz CT molecular complexity index is 1080. The van der Waals surface area contributed by atoms with Crippen LogP contribution < -0.4 is 5.32 Å². The number of rotatable bonds is 7. The zero-order valence-corrected chi connectivity index (χ0v) is 19.4. The molecule has 6 nitrogen and oxygen atoms in total. The first-order chi connectivity index (χ1) is 15.4. The van der Waals surface area contributed by atoms with Crippen molar-refractivity contribution in [3.63, 3.8) is 0 Å². The molecule has 1 aliphatic rings. The van der Waals surface area contributed by atoms with Crippen LogP contribution in [-0.4, -0.2) is 45.4 Å². The van der Waals surface area contributed by atoms with Gasteiger partial charge in [-0.05, 0) is 75.7 Å². The number of hydrogen-bond donors (Lipinski definition) is 1. The average Bonchev–Trinajstić information content (AvgIpc) is 3.21. The molecule has 0 bridgehead atoms. The van der Waals surface area contributed by atoms with Crippen LogP contribution in [0.3, 0.4) is 0 Å². The summed E-state index contributed by atoms with van der Waals surface area (Å²) in [6.07, 6.45) is 3.08. The number of carbonyl (C=O) groups excluding carboxylic acids is 1. The van der Waals surface area contributed by atoms with Crippen molar-refractivity contribution >= 4 is 17.7 Å². The third-order valence-corrected chi connectivity index (χ3v) is 6.86. The van der Waals surface area contributed by atoms with E-state index in [1.54, 1.807) is 12.1 Å². The van der Waals surface area contributed by atoms with E-state index < -0.39 is 0 Å². The van der Waals surface area contributed by atoms with Gasteiger partial charge in [0.2, 0.25) is 5.91 Å². The van der Waals surface area contributed by atoms with Crippen molar-refractivity contribution in [1.82, 2.24) is 25.0 Å². The summed E-state index contributed by atoms with van der Waals surface area (Å²) in [5.74, 6) is 0.637. The van der Waals surface area contributed by atoms with Crippen molar-refractivity contribution in [1.29, 1.82) is 0 Å². The molecule has 1 aromatic heterocycles. The molecule has 1 amide bonds. The molecule has 2 atom stereocenters. The molecular formula is C24H28FN5OS. The van der Waals surface area contributed by atoms with Crippen molar-refractivity contribution in [2.45, 2.75) is 43.4 Å². The molecule has 2 aromatic carbocycles. The number of thioether (sulfide) groups is 1. The third kappa shape index (κ3) is 4.86. The fourth-order valence-electron chi connectivity index (χ4n) is 3.98. The molecule has 0 fully saturated rings. The van der Waals surface area contributed by atoms with E-state index in [0.29, 0.717) is 5.16 Å². The third-order valence-electron chi connectivity index (χ3n) is 5.93. The second-order valence-corrected chi connectivity index (χ2v) is 9.23. The highest BCUT2D eigenvalue weighted by Gasteiger charge is 2.24. The Kier molecular flexibility index (Phi) is 6.91. The quantitative estimate of drug-likeness (QED) is 0.540. The summed E-state index contributed by atoms with van der Waals surface area (Å²) in [6, 6.07) is 14.6. The molecule has 8 heteroatoms. The van der Waals surface area contributed by atoms with Crippen LogP contribution in [0, 0.1) is 5.82 Å². The lowest BCUT2D eigenvalue weighted by atomic mass is 9.88. The first-order valence-electron chi connectivity index (χ1n) is 10.8. The molecule has 1 heterocycles. The van der Waals surface area contributed by atoms with E-state index in [1.165, 1.54) is 35.0 Å². The number of nitrogens with one attached hydrogen (secondary N) is 1. The van der Waals surface area contributed by atoms with Gasteiger partial charge in [0.1, 0.15) is 5.82 Å². The standard InChI is InChI=1S/C24H28FN5OS/c1-16(29(2)3)23-27-28-24(30(23)19-13-11-18(25)12-14-19)32-15-22(31)26-21-10-6-8-17-7-4-5-9-20(17)21/h4-5,7,9,11-14,16,21H,6,8,10,15H2,1-3H3,(H,26,31)/t16-,21+/m1/s1. The summed E-state index contributed by atoms with van der Waals surface area (Å²) in [6.45, 7) is 2.03. The molecule has 4 rings (SSSR count). The highest BCUT2D eigenvalue weighted by molar-refractivity contribution is 7.99. The van der Waals surface area contributed by atoms with Gasteiger partial charge in [0.25, 0.3) is 0 Å². The van der Waals surface area contributed by atoms with Gasteiger partial charge in [0.05, 0.1) is 17.8 Å². The van der Waals surface area contributed by atoms with Crippen LogP contribution in [0.4, 0.5) is 4.39 Å². The van der Waals surface area contributed by atoms with Crippen LogP contribution in [0.2, 0.25) is 0 Å². The zero-order chi connectivity index (χ0) is 22.7. The van der Waals surface area contributed by atoms with Crippen LogP contribution in [0.1, 0.15) is 48.8 Å². The number of fused-ring (bicyclic) bond motifs is 1. The van der Waals surface area contributed by atoms with Crippen LogP contribution in [0.5, 0.6) is 0 Å². The summed E-state index contributed by atoms with van der Waals surface area (Å²) in [5, 5.41) is 12.5. The molecule has 0 radical (unpaired) electrons. The molecule has 168 valence electrons. The SMILES string of the molecule is C[C@H](c1nnc(SCC(=O)N[C@H]2CCCc3ccccc32)n1-c1ccc(F)cc1)N(C)C. The summed E-state index contributed by atoms with van der Waals surface area (Å²) >= 11 is 1.34. The second-order valence-electron chi connectivity index (χ2n) is 8.29. The van der Waals surface area contributed by atoms with E-state index in [4.69, 9.17) is 0 Å². The van der Waals surface area contributed by atoms with Crippen molar-refractivity contribution in [3.05, 3.63) is 71.3 Å². The fraction of sp³-hybridized carbons (Fsp3) is 0.375. The molecule has 1 N–H and O–H groups in total. The Morgan fingerprint density at radius 1 is 1.22 bits per heavy atom. The van der Waals surface area contributed by atoms with E-state index in [9.17, 15) is 9.18 Å². The summed E-state index contributed by atoms with van der Waals surface area (Å²) in [5.41, 5.74) is 3.30. The van der Waals surface area contributed by atoms with E-state index in [1.807, 2.05) is 42.6 Å². The normalized spacial score (nSPS) is 16.6. The van der Waals surface area contributed by atoms with Gasteiger partial charge >= 0.3 is 0 Å². The largest absolute Gasteiger partial charge is 0.349 e. The Balaban J connectivity index is 1.51. The monoisotopic (exact) mass is 453 g/mol. The minimum absolute atomic E-state index is 0.00512. The Morgan fingerprint density at radius 2 is 1.97 bits per heavy atom. The molecule has 3 aromatic rings. The summed E-state index contributed by atoms with van der Waals surface area (Å²) in [7, 11) is 3.94. The van der Waals surface area contributed by atoms with Gasteiger partial charge in [0.15, 0.2) is 11.0 Å². The van der Waals surface area contributed by atoms with Gasteiger partial charge in [0, 0.05) is 5.69 Å². The van der Waals surface area contributed by atoms with Crippen LogP contribution in [0.15, 0.2) is 53.7 Å². The van der Waals surface area contributed by atoms with Crippen molar-refractivity contribution < 1.29 is 9.18 Å². The van der Waals surface area contributed by atoms with Crippen molar-refractivity contribution in [2.75, 3.05) is 19.8 Å². The number of benzene rings is 2. The number of hydrogen-bond acceptors (Lipinski definition) is 5. The first-order valence-corrected chi connectivity index (χ1v) is 11.8. The van der Waals surface area contributed by atoms with Gasteiger partial charge < -0.3 is 5.32 Å². The topological polar surface area (TPSA) is 63.1 Å². The number of aryl methyl sites for hydroxylation is 1. The number of amides is 1. The predicted octanol–water partition coefficient (Wildman–Crippen LogP) is 4.31. The lowest BCUT2D eigenvalue weighted by molar-refractivity contribution is -0.119. The van der Waals surface area contributed by atoms with Gasteiger partial charge in [-0.25, -0.2) is 4.39 Å². The van der Waals surface area contributed by atoms with E-state index in [0.717, 1.165) is 30.8 Å². The second kappa shape index (κ2) is 9.83. The van der Waals surface area contributed by atoms with Crippen molar-refractivity contribution in [2.24, 2.45) is 0 Å². The maximum Gasteiger partial charge on any atom is 0.230 e. The van der Waals surface area contributed by atoms with Gasteiger partial charge in [-0.15, -0.1) is 10.2 Å². The van der Waals surface area contributed by atoms with Gasteiger partial charge in [-0.2, -0.15) is 0 Å². The highest BCUT2D eigenvalue weighted by atomic mass is 32.2. The maximum absolute atomic E-state index is 13.5. The Morgan fingerprint density at radius 3 is 2.72 bits per heavy atom. The minimum atomic E-state index is -0.301. The molecule has 0 spiro atoms. The molecule has 0 unspecified atom stereocenters. The molecule has 1 aliphatic carbocycles. The maximum atomic E-state index is 13.5. The average molecular weight is 454 g/mol. The smallest absolute Gasteiger partial charge is 0.230 e. The fourth-order valence-corrected chi connectivity index (χ4v) is 4.75. The molecule has 0 aliphatic heterocycles. The van der Waals surface area contributed by atoms with Crippen LogP contribution >= 0.6 is 11.8 Å². The summed E-state index contributed by atoms with van der Waals surface area (Å²) in [4.78, 5) is 14.8. The molecule has 32 heavy (non-hydrogen) atoms. The minimum Gasteiger partial charge on any atom is -0.349 e. The predicted molar refractivity (Wildman–Crippen MR) is 124 cm³/mol. The molecule has 0 saturated heterocycles. The molecular weight excluding hydrogens is 425 g/mol. The number of halogens is 1. The van der Waals surface area contributed by atoms with E-state index in [2.05, 4.69) is 27.6 Å². The van der Waals surface area contributed by atoms with Crippen LogP contribution in [-0.2, 0) is 11.2 Å². The number of aromatic nitrogens is 3. The Labute approximate surface area is 192 Å². The van der Waals surface area contributed by atoms with E-state index in [-0.39, 0.29) is 29.6 Å². The van der Waals surface area contributed by atoms with E-state index >= 15 is 0 Å². The van der Waals surface area contributed by atoms with Crippen LogP contribution in [0.25, 0.3) is 5.69 Å². The lowest BCUT2D eigenvalue weighted by Gasteiger charge is -2.26. The first kappa shape index (κ1) is 22.5. The Hall–Kier alpha value is -2.71. The highest BCUT2D eigenvalue weighted by Crippen LogP contribution is 2.30. The summed E-state index contributed by atoms with van der Waals surface area (Å²) < 4.78 is 15.4. The number of nitrogens with zero attached hydrogens (tertiary/aromatic N) is 4. The lowest BCUT2D eigenvalue weighted by Crippen LogP contribution is -2.32. The molecule has 0 saturated carbocycles. The zero-order valence-electron chi connectivity index (χ0n) is 18.6. The van der Waals surface area contributed by atoms with Gasteiger partial charge in [-0.1, -0.05) is 36.0 Å².